The smallest absolute Gasteiger partial charge is 0.325 e. The van der Waals surface area contributed by atoms with Crippen molar-refractivity contribution in [3.8, 4) is 0 Å². The van der Waals surface area contributed by atoms with Crippen LogP contribution in [0.15, 0.2) is 0 Å². The van der Waals surface area contributed by atoms with E-state index in [1.807, 2.05) is 0 Å². The highest BCUT2D eigenvalue weighted by molar-refractivity contribution is 6.09. The topological polar surface area (TPSA) is 105 Å². The summed E-state index contributed by atoms with van der Waals surface area (Å²) in [5, 5.41) is 5.55. The van der Waals surface area contributed by atoms with Gasteiger partial charge in [0.1, 0.15) is 12.1 Å². The quantitative estimate of drug-likeness (QED) is 0.475. The molecule has 0 radical (unpaired) electrons. The maximum absolute atomic E-state index is 12.8. The molecule has 1 aliphatic carbocycles. The summed E-state index contributed by atoms with van der Waals surface area (Å²) in [5.41, 5.74) is 4.82. The first-order chi connectivity index (χ1) is 11.8. The highest BCUT2D eigenvalue weighted by atomic mass is 16.2. The fraction of sp³-hybridized carbons (Fsp3) is 0.833. The van der Waals surface area contributed by atoms with Crippen LogP contribution in [0.2, 0.25) is 0 Å². The number of imide groups is 1. The normalized spacial score (nSPS) is 26.9. The van der Waals surface area contributed by atoms with E-state index in [-0.39, 0.29) is 23.8 Å². The van der Waals surface area contributed by atoms with Gasteiger partial charge in [0.05, 0.1) is 0 Å². The molecule has 1 saturated heterocycles. The second kappa shape index (κ2) is 7.72. The number of carbonyl (C=O) groups is 3. The molecule has 1 aliphatic heterocycles. The molecule has 0 aromatic rings. The minimum atomic E-state index is -0.811. The lowest BCUT2D eigenvalue weighted by Gasteiger charge is -2.42. The predicted octanol–water partition coefficient (Wildman–Crippen LogP) is 1.37. The summed E-state index contributed by atoms with van der Waals surface area (Å²) in [7, 11) is 0. The summed E-state index contributed by atoms with van der Waals surface area (Å²) in [6.07, 6.45) is 4.91. The average Bonchev–Trinajstić information content (AvgIpc) is 2.80. The van der Waals surface area contributed by atoms with Gasteiger partial charge in [-0.15, -0.1) is 0 Å². The lowest BCUT2D eigenvalue weighted by Crippen LogP contribution is -2.51. The summed E-state index contributed by atoms with van der Waals surface area (Å²) in [4.78, 5) is 38.1. The van der Waals surface area contributed by atoms with Crippen LogP contribution >= 0.6 is 0 Å². The molecule has 4 amide bonds. The first kappa shape index (κ1) is 19.7. The molecule has 7 heteroatoms. The maximum Gasteiger partial charge on any atom is 0.325 e. The van der Waals surface area contributed by atoms with Gasteiger partial charge in [0.2, 0.25) is 5.91 Å². The molecular formula is C18H32N4O3. The molecule has 1 saturated carbocycles. The van der Waals surface area contributed by atoms with Crippen molar-refractivity contribution in [3.63, 3.8) is 0 Å². The van der Waals surface area contributed by atoms with E-state index in [1.54, 1.807) is 0 Å². The Labute approximate surface area is 150 Å². The van der Waals surface area contributed by atoms with Gasteiger partial charge in [-0.3, -0.25) is 14.5 Å². The Balaban J connectivity index is 1.96. The minimum Gasteiger partial charge on any atom is -0.354 e. The number of nitrogens with zero attached hydrogens (tertiary/aromatic N) is 1. The first-order valence-electron chi connectivity index (χ1n) is 9.36. The van der Waals surface area contributed by atoms with E-state index in [1.165, 1.54) is 0 Å². The monoisotopic (exact) mass is 352 g/mol. The number of hydrogen-bond donors (Lipinski definition) is 3. The summed E-state index contributed by atoms with van der Waals surface area (Å²) >= 11 is 0. The molecule has 2 aliphatic rings. The van der Waals surface area contributed by atoms with Crippen LogP contribution in [0.4, 0.5) is 4.79 Å². The minimum absolute atomic E-state index is 0.221. The third-order valence-corrected chi connectivity index (χ3v) is 6.11. The zero-order valence-electron chi connectivity index (χ0n) is 15.7. The van der Waals surface area contributed by atoms with E-state index in [0.29, 0.717) is 38.3 Å². The van der Waals surface area contributed by atoms with Crippen LogP contribution in [0.1, 0.15) is 59.3 Å². The first-order valence-corrected chi connectivity index (χ1v) is 9.36. The van der Waals surface area contributed by atoms with Crippen molar-refractivity contribution in [1.29, 1.82) is 0 Å². The van der Waals surface area contributed by atoms with E-state index in [0.717, 1.165) is 24.2 Å². The second-order valence-corrected chi connectivity index (χ2v) is 8.01. The average molecular weight is 352 g/mol. The summed E-state index contributed by atoms with van der Waals surface area (Å²) in [5.74, 6) is -0.0181. The largest absolute Gasteiger partial charge is 0.354 e. The van der Waals surface area contributed by atoms with Crippen LogP contribution in [0.25, 0.3) is 0 Å². The number of carbonyl (C=O) groups excluding carboxylic acids is 3. The fourth-order valence-electron chi connectivity index (χ4n) is 3.87. The van der Waals surface area contributed by atoms with E-state index in [2.05, 4.69) is 31.4 Å². The van der Waals surface area contributed by atoms with Gasteiger partial charge in [-0.25, -0.2) is 4.79 Å². The third kappa shape index (κ3) is 4.14. The summed E-state index contributed by atoms with van der Waals surface area (Å²) in [6.45, 7) is 7.45. The maximum atomic E-state index is 12.8. The van der Waals surface area contributed by atoms with Gasteiger partial charge >= 0.3 is 6.03 Å². The lowest BCUT2D eigenvalue weighted by atomic mass is 9.65. The van der Waals surface area contributed by atoms with Crippen LogP contribution < -0.4 is 16.4 Å². The number of hydrogen-bond acceptors (Lipinski definition) is 4. The zero-order valence-corrected chi connectivity index (χ0v) is 15.7. The van der Waals surface area contributed by atoms with Crippen molar-refractivity contribution in [3.05, 3.63) is 0 Å². The highest BCUT2D eigenvalue weighted by Crippen LogP contribution is 2.45. The van der Waals surface area contributed by atoms with Crippen molar-refractivity contribution in [1.82, 2.24) is 15.5 Å². The standard InChI is InChI=1S/C18H32N4O3/c1-4-17(2,3)13-6-8-18(9-7-13)15(24)22(16(25)21-18)12-14(23)20-11-5-10-19/h13H,4-12,19H2,1-3H3,(H,20,23)(H,21,25). The lowest BCUT2D eigenvalue weighted by molar-refractivity contribution is -0.136. The number of nitrogens with two attached hydrogens (primary N) is 1. The molecule has 1 spiro atoms. The Hall–Kier alpha value is -1.63. The van der Waals surface area contributed by atoms with Gasteiger partial charge in [-0.05, 0) is 50.0 Å². The molecule has 0 aromatic heterocycles. The van der Waals surface area contributed by atoms with Crippen LogP contribution in [-0.4, -0.2) is 47.9 Å². The Morgan fingerprint density at radius 2 is 2.00 bits per heavy atom. The van der Waals surface area contributed by atoms with E-state index in [9.17, 15) is 14.4 Å². The molecule has 7 nitrogen and oxygen atoms in total. The highest BCUT2D eigenvalue weighted by Gasteiger charge is 2.53. The molecule has 0 aromatic carbocycles. The zero-order chi connectivity index (χ0) is 18.7. The van der Waals surface area contributed by atoms with Crippen LogP contribution in [0.3, 0.4) is 0 Å². The van der Waals surface area contributed by atoms with Gasteiger partial charge in [0, 0.05) is 6.54 Å². The van der Waals surface area contributed by atoms with E-state index in [4.69, 9.17) is 5.73 Å². The van der Waals surface area contributed by atoms with Gasteiger partial charge in [0.25, 0.3) is 5.91 Å². The third-order valence-electron chi connectivity index (χ3n) is 6.11. The molecule has 0 bridgehead atoms. The molecule has 0 unspecified atom stereocenters. The Bertz CT molecular complexity index is 524. The molecule has 2 rings (SSSR count). The predicted molar refractivity (Wildman–Crippen MR) is 95.7 cm³/mol. The van der Waals surface area contributed by atoms with Crippen LogP contribution in [0, 0.1) is 11.3 Å². The van der Waals surface area contributed by atoms with Crippen molar-refractivity contribution in [2.75, 3.05) is 19.6 Å². The number of rotatable bonds is 7. The number of amides is 4. The molecule has 142 valence electrons. The Kier molecular flexibility index (Phi) is 6.08. The number of nitrogens with one attached hydrogen (secondary N) is 2. The van der Waals surface area contributed by atoms with Gasteiger partial charge < -0.3 is 16.4 Å². The molecule has 2 fully saturated rings. The van der Waals surface area contributed by atoms with E-state index < -0.39 is 11.6 Å². The van der Waals surface area contributed by atoms with Gasteiger partial charge in [-0.1, -0.05) is 27.2 Å². The summed E-state index contributed by atoms with van der Waals surface area (Å²) < 4.78 is 0. The molecule has 0 atom stereocenters. The summed E-state index contributed by atoms with van der Waals surface area (Å²) in [6, 6.07) is -0.452. The van der Waals surface area contributed by atoms with Crippen LogP contribution in [0.5, 0.6) is 0 Å². The Morgan fingerprint density at radius 1 is 1.36 bits per heavy atom. The molecule has 4 N–H and O–H groups in total. The van der Waals surface area contributed by atoms with E-state index >= 15 is 0 Å². The van der Waals surface area contributed by atoms with Crippen LogP contribution in [-0.2, 0) is 9.59 Å². The molecular weight excluding hydrogens is 320 g/mol. The second-order valence-electron chi connectivity index (χ2n) is 8.01. The van der Waals surface area contributed by atoms with Crippen molar-refractivity contribution >= 4 is 17.8 Å². The van der Waals surface area contributed by atoms with Gasteiger partial charge in [-0.2, -0.15) is 0 Å². The molecule has 1 heterocycles. The number of urea groups is 1. The molecule has 25 heavy (non-hydrogen) atoms. The van der Waals surface area contributed by atoms with Gasteiger partial charge in [0.15, 0.2) is 0 Å². The van der Waals surface area contributed by atoms with Crippen molar-refractivity contribution < 1.29 is 14.4 Å². The Morgan fingerprint density at radius 3 is 2.56 bits per heavy atom. The SMILES string of the molecule is CCC(C)(C)C1CCC2(CC1)NC(=O)N(CC(=O)NCCCN)C2=O. The fourth-order valence-corrected chi connectivity index (χ4v) is 3.87. The van der Waals surface area contributed by atoms with Crippen molar-refractivity contribution in [2.24, 2.45) is 17.1 Å². The van der Waals surface area contributed by atoms with Crippen molar-refractivity contribution in [2.45, 2.75) is 64.8 Å².